The maximum absolute atomic E-state index is 14.5. The molecule has 4 aromatic rings. The molecule has 2 aromatic carbocycles. The third-order valence-corrected chi connectivity index (χ3v) is 6.61. The van der Waals surface area contributed by atoms with Crippen LogP contribution in [0.3, 0.4) is 0 Å². The van der Waals surface area contributed by atoms with Crippen LogP contribution in [-0.2, 0) is 11.3 Å². The van der Waals surface area contributed by atoms with Crippen molar-refractivity contribution in [3.8, 4) is 17.0 Å². The van der Waals surface area contributed by atoms with Gasteiger partial charge >= 0.3 is 0 Å². The molecule has 1 fully saturated rings. The van der Waals surface area contributed by atoms with E-state index in [0.717, 1.165) is 22.2 Å². The first-order valence-corrected chi connectivity index (χ1v) is 11.8. The summed E-state index contributed by atoms with van der Waals surface area (Å²) >= 11 is 0. The minimum atomic E-state index is -0.312. The number of pyridine rings is 1. The Morgan fingerprint density at radius 3 is 2.78 bits per heavy atom. The number of likely N-dealkylation sites (tertiary alicyclic amines) is 1. The number of amides is 1. The van der Waals surface area contributed by atoms with E-state index in [4.69, 9.17) is 9.47 Å². The van der Waals surface area contributed by atoms with Gasteiger partial charge in [0.05, 0.1) is 18.7 Å². The quantitative estimate of drug-likeness (QED) is 0.410. The average molecular weight is 490 g/mol. The number of carbonyl (C=O) groups is 1. The van der Waals surface area contributed by atoms with Gasteiger partial charge in [-0.2, -0.15) is 5.10 Å². The summed E-state index contributed by atoms with van der Waals surface area (Å²) in [5.74, 6) is 0.0189. The van der Waals surface area contributed by atoms with Gasteiger partial charge in [0.15, 0.2) is 0 Å². The molecule has 36 heavy (non-hydrogen) atoms. The van der Waals surface area contributed by atoms with Crippen molar-refractivity contribution in [2.24, 2.45) is 0 Å². The lowest BCUT2D eigenvalue weighted by molar-refractivity contribution is 0.0140. The fourth-order valence-corrected chi connectivity index (χ4v) is 4.81. The Kier molecular flexibility index (Phi) is 6.92. The number of H-pyrrole nitrogens is 1. The third kappa shape index (κ3) is 4.93. The van der Waals surface area contributed by atoms with Crippen molar-refractivity contribution < 1.29 is 18.7 Å². The van der Waals surface area contributed by atoms with Crippen molar-refractivity contribution in [1.82, 2.24) is 25.4 Å². The van der Waals surface area contributed by atoms with Crippen LogP contribution >= 0.6 is 0 Å². The fraction of sp³-hybridized carbons (Fsp3) is 0.296. The zero-order chi connectivity index (χ0) is 25.1. The van der Waals surface area contributed by atoms with Crippen LogP contribution in [0, 0.1) is 5.82 Å². The van der Waals surface area contributed by atoms with Gasteiger partial charge < -0.3 is 14.8 Å². The number of nitrogens with zero attached hydrogens (tertiary/aromatic N) is 3. The van der Waals surface area contributed by atoms with Crippen LogP contribution in [0.5, 0.6) is 5.75 Å². The molecule has 0 aliphatic carbocycles. The highest BCUT2D eigenvalue weighted by atomic mass is 19.1. The van der Waals surface area contributed by atoms with Gasteiger partial charge in [-0.1, -0.05) is 6.07 Å². The van der Waals surface area contributed by atoms with E-state index in [0.29, 0.717) is 42.9 Å². The smallest absolute Gasteiger partial charge is 0.251 e. The molecule has 186 valence electrons. The molecule has 0 spiro atoms. The Morgan fingerprint density at radius 1 is 1.17 bits per heavy atom. The van der Waals surface area contributed by atoms with Crippen LogP contribution in [0.1, 0.15) is 22.3 Å². The Labute approximate surface area is 208 Å². The van der Waals surface area contributed by atoms with Gasteiger partial charge in [-0.25, -0.2) is 4.39 Å². The van der Waals surface area contributed by atoms with E-state index in [1.165, 1.54) is 13.2 Å². The molecule has 2 N–H and O–H groups in total. The van der Waals surface area contributed by atoms with Crippen molar-refractivity contribution in [2.75, 3.05) is 27.3 Å². The zero-order valence-corrected chi connectivity index (χ0v) is 20.2. The maximum atomic E-state index is 14.5. The van der Waals surface area contributed by atoms with Crippen molar-refractivity contribution in [3.05, 3.63) is 77.9 Å². The molecule has 9 heteroatoms. The number of halogens is 1. The fourth-order valence-electron chi connectivity index (χ4n) is 4.81. The van der Waals surface area contributed by atoms with Crippen LogP contribution < -0.4 is 10.1 Å². The van der Waals surface area contributed by atoms with E-state index in [1.54, 1.807) is 37.7 Å². The summed E-state index contributed by atoms with van der Waals surface area (Å²) < 4.78 is 25.5. The topological polar surface area (TPSA) is 92.4 Å². The van der Waals surface area contributed by atoms with Gasteiger partial charge in [-0.3, -0.25) is 19.8 Å². The average Bonchev–Trinajstić information content (AvgIpc) is 3.33. The number of fused-ring (bicyclic) bond motifs is 1. The van der Waals surface area contributed by atoms with Gasteiger partial charge in [0.2, 0.25) is 0 Å². The number of ether oxygens (including phenoxy) is 2. The minimum absolute atomic E-state index is 0.0866. The molecule has 2 aromatic heterocycles. The third-order valence-electron chi connectivity index (χ3n) is 6.61. The van der Waals surface area contributed by atoms with E-state index in [1.807, 2.05) is 24.3 Å². The van der Waals surface area contributed by atoms with Crippen LogP contribution in [-0.4, -0.2) is 65.4 Å². The number of methoxy groups -OCH3 is 2. The summed E-state index contributed by atoms with van der Waals surface area (Å²) in [5.41, 5.74) is 3.57. The number of carbonyl (C=O) groups excluding carboxylic acids is 1. The van der Waals surface area contributed by atoms with Gasteiger partial charge in [-0.15, -0.1) is 0 Å². The number of hydrogen-bond donors (Lipinski definition) is 2. The molecule has 2 atom stereocenters. The first-order chi connectivity index (χ1) is 17.6. The second-order valence-electron chi connectivity index (χ2n) is 8.95. The Hall–Kier alpha value is -3.82. The lowest BCUT2D eigenvalue weighted by Gasteiger charge is -2.37. The number of hydrogen-bond acceptors (Lipinski definition) is 6. The summed E-state index contributed by atoms with van der Waals surface area (Å²) in [5, 5.41) is 11.5. The van der Waals surface area contributed by atoms with E-state index >= 15 is 0 Å². The molecule has 3 heterocycles. The summed E-state index contributed by atoms with van der Waals surface area (Å²) in [6.07, 6.45) is 4.01. The van der Waals surface area contributed by atoms with Gasteiger partial charge in [0.25, 0.3) is 5.91 Å². The number of piperidine rings is 1. The number of benzene rings is 2. The first-order valence-electron chi connectivity index (χ1n) is 11.8. The lowest BCUT2D eigenvalue weighted by Crippen LogP contribution is -2.52. The molecule has 5 rings (SSSR count). The van der Waals surface area contributed by atoms with Crippen molar-refractivity contribution in [2.45, 2.75) is 25.1 Å². The minimum Gasteiger partial charge on any atom is -0.496 e. The molecular weight excluding hydrogens is 461 g/mol. The standard InChI is InChI=1S/C27H28FN5O3/c1-35-20-13-19(14-33(15-20)16-22-23(28)4-3-5-25(22)36-2)30-27(34)18-6-7-24-21(12-18)26(32-31-24)17-8-10-29-11-9-17/h3-12,19-20H,13-16H2,1-2H3,(H,30,34)(H,31,32). The SMILES string of the molecule is COc1cccc(F)c1CN1CC(NC(=O)c2ccc3[nH]nc(-c4ccncc4)c3c2)CC(OC)C1. The second kappa shape index (κ2) is 10.4. The lowest BCUT2D eigenvalue weighted by atomic mass is 10.0. The molecule has 1 aliphatic rings. The predicted octanol–water partition coefficient (Wildman–Crippen LogP) is 3.79. The van der Waals surface area contributed by atoms with E-state index in [-0.39, 0.29) is 23.9 Å². The summed E-state index contributed by atoms with van der Waals surface area (Å²) in [4.78, 5) is 19.4. The summed E-state index contributed by atoms with van der Waals surface area (Å²) in [6.45, 7) is 1.56. The zero-order valence-electron chi connectivity index (χ0n) is 20.2. The number of aromatic amines is 1. The molecule has 2 unspecified atom stereocenters. The molecule has 1 aliphatic heterocycles. The second-order valence-corrected chi connectivity index (χ2v) is 8.95. The first kappa shape index (κ1) is 23.9. The van der Waals surface area contributed by atoms with E-state index < -0.39 is 0 Å². The molecule has 1 saturated heterocycles. The Balaban J connectivity index is 1.34. The Bertz CT molecular complexity index is 1360. The van der Waals surface area contributed by atoms with E-state index in [2.05, 4.69) is 25.4 Å². The van der Waals surface area contributed by atoms with E-state index in [9.17, 15) is 9.18 Å². The summed E-state index contributed by atoms with van der Waals surface area (Å²) in [7, 11) is 3.19. The molecule has 0 saturated carbocycles. The largest absolute Gasteiger partial charge is 0.496 e. The molecule has 0 bridgehead atoms. The molecule has 8 nitrogen and oxygen atoms in total. The van der Waals surface area contributed by atoms with Crippen molar-refractivity contribution >= 4 is 16.8 Å². The highest BCUT2D eigenvalue weighted by Gasteiger charge is 2.30. The normalized spacial score (nSPS) is 18.3. The van der Waals surface area contributed by atoms with Crippen LogP contribution in [0.15, 0.2) is 60.9 Å². The molecular formula is C27H28FN5O3. The molecule has 1 amide bonds. The van der Waals surface area contributed by atoms with Gasteiger partial charge in [0.1, 0.15) is 17.3 Å². The van der Waals surface area contributed by atoms with Gasteiger partial charge in [0, 0.05) is 67.3 Å². The monoisotopic (exact) mass is 489 g/mol. The van der Waals surface area contributed by atoms with Crippen molar-refractivity contribution in [1.29, 1.82) is 0 Å². The van der Waals surface area contributed by atoms with Gasteiger partial charge in [-0.05, 0) is 48.9 Å². The van der Waals surface area contributed by atoms with Crippen LogP contribution in [0.2, 0.25) is 0 Å². The highest BCUT2D eigenvalue weighted by molar-refractivity contribution is 6.01. The molecule has 0 radical (unpaired) electrons. The van der Waals surface area contributed by atoms with Crippen LogP contribution in [0.4, 0.5) is 4.39 Å². The Morgan fingerprint density at radius 2 is 2.00 bits per heavy atom. The van der Waals surface area contributed by atoms with Crippen molar-refractivity contribution in [3.63, 3.8) is 0 Å². The van der Waals surface area contributed by atoms with Crippen LogP contribution in [0.25, 0.3) is 22.2 Å². The number of rotatable bonds is 7. The number of nitrogens with one attached hydrogen (secondary N) is 2. The predicted molar refractivity (Wildman–Crippen MR) is 134 cm³/mol. The summed E-state index contributed by atoms with van der Waals surface area (Å²) in [6, 6.07) is 13.9. The number of aromatic nitrogens is 3. The highest BCUT2D eigenvalue weighted by Crippen LogP contribution is 2.28. The maximum Gasteiger partial charge on any atom is 0.251 e.